The highest BCUT2D eigenvalue weighted by molar-refractivity contribution is 9.10. The van der Waals surface area contributed by atoms with E-state index in [-0.39, 0.29) is 31.0 Å². The second-order valence-corrected chi connectivity index (χ2v) is 5.30. The van der Waals surface area contributed by atoms with Gasteiger partial charge in [-0.15, -0.1) is 12.4 Å². The molecular weight excluding hydrogens is 355 g/mol. The number of amides is 1. The molecule has 1 rings (SSSR count). The molecule has 0 bridgehead atoms. The van der Waals surface area contributed by atoms with Crippen LogP contribution >= 0.6 is 39.9 Å². The SMILES string of the molecule is CC(N)CCNC(=O)COc1ccc(Br)cc1Cl.Cl. The molecule has 4 nitrogen and oxygen atoms in total. The van der Waals surface area contributed by atoms with E-state index in [0.717, 1.165) is 10.9 Å². The van der Waals surface area contributed by atoms with E-state index >= 15 is 0 Å². The Morgan fingerprint density at radius 3 is 2.84 bits per heavy atom. The van der Waals surface area contributed by atoms with Crippen molar-refractivity contribution in [1.82, 2.24) is 5.32 Å². The van der Waals surface area contributed by atoms with E-state index in [0.29, 0.717) is 17.3 Å². The summed E-state index contributed by atoms with van der Waals surface area (Å²) < 4.78 is 6.18. The second-order valence-electron chi connectivity index (χ2n) is 3.98. The van der Waals surface area contributed by atoms with Crippen LogP contribution in [0.15, 0.2) is 22.7 Å². The molecule has 1 atom stereocenters. The molecule has 19 heavy (non-hydrogen) atoms. The summed E-state index contributed by atoms with van der Waals surface area (Å²) in [6, 6.07) is 5.30. The standard InChI is InChI=1S/C12H16BrClN2O2.ClH/c1-8(15)4-5-16-12(17)7-18-11-3-2-9(13)6-10(11)14;/h2-3,6,8H,4-5,7,15H2,1H3,(H,16,17);1H. The number of rotatable bonds is 6. The van der Waals surface area contributed by atoms with Crippen LogP contribution in [0, 0.1) is 0 Å². The maximum atomic E-state index is 11.4. The van der Waals surface area contributed by atoms with Crippen LogP contribution in [0.2, 0.25) is 5.02 Å². The highest BCUT2D eigenvalue weighted by Crippen LogP contribution is 2.27. The maximum absolute atomic E-state index is 11.4. The quantitative estimate of drug-likeness (QED) is 0.807. The van der Waals surface area contributed by atoms with Crippen molar-refractivity contribution in [1.29, 1.82) is 0 Å². The van der Waals surface area contributed by atoms with Gasteiger partial charge in [-0.2, -0.15) is 0 Å². The van der Waals surface area contributed by atoms with Gasteiger partial charge in [-0.1, -0.05) is 27.5 Å². The first-order chi connectivity index (χ1) is 8.49. The molecule has 1 amide bonds. The molecule has 0 aromatic heterocycles. The van der Waals surface area contributed by atoms with E-state index in [4.69, 9.17) is 22.1 Å². The minimum Gasteiger partial charge on any atom is -0.482 e. The molecule has 0 radical (unpaired) electrons. The molecule has 0 saturated carbocycles. The average molecular weight is 372 g/mol. The van der Waals surface area contributed by atoms with Crippen LogP contribution in [0.25, 0.3) is 0 Å². The summed E-state index contributed by atoms with van der Waals surface area (Å²) in [4.78, 5) is 11.4. The van der Waals surface area contributed by atoms with Gasteiger partial charge >= 0.3 is 0 Å². The Balaban J connectivity index is 0.00000324. The van der Waals surface area contributed by atoms with Gasteiger partial charge in [0.1, 0.15) is 5.75 Å². The molecule has 0 heterocycles. The fraction of sp³-hybridized carbons (Fsp3) is 0.417. The van der Waals surface area contributed by atoms with Gasteiger partial charge < -0.3 is 15.8 Å². The highest BCUT2D eigenvalue weighted by Gasteiger charge is 2.06. The van der Waals surface area contributed by atoms with E-state index < -0.39 is 0 Å². The van der Waals surface area contributed by atoms with Crippen LogP contribution in [-0.2, 0) is 4.79 Å². The van der Waals surface area contributed by atoms with Gasteiger partial charge in [0, 0.05) is 17.1 Å². The second kappa shape index (κ2) is 9.42. The first-order valence-electron chi connectivity index (χ1n) is 5.59. The van der Waals surface area contributed by atoms with Gasteiger partial charge in [0.2, 0.25) is 0 Å². The number of hydrogen-bond acceptors (Lipinski definition) is 3. The molecule has 0 aliphatic heterocycles. The number of carbonyl (C=O) groups is 1. The van der Waals surface area contributed by atoms with Gasteiger partial charge in [0.05, 0.1) is 5.02 Å². The summed E-state index contributed by atoms with van der Waals surface area (Å²) in [7, 11) is 0. The maximum Gasteiger partial charge on any atom is 0.257 e. The number of hydrogen-bond donors (Lipinski definition) is 2. The molecule has 0 spiro atoms. The number of halogens is 3. The fourth-order valence-corrected chi connectivity index (χ4v) is 1.95. The number of benzene rings is 1. The highest BCUT2D eigenvalue weighted by atomic mass is 79.9. The Labute approximate surface area is 132 Å². The van der Waals surface area contributed by atoms with Crippen LogP contribution in [-0.4, -0.2) is 25.1 Å². The van der Waals surface area contributed by atoms with Crippen molar-refractivity contribution < 1.29 is 9.53 Å². The Hall–Kier alpha value is -0.490. The summed E-state index contributed by atoms with van der Waals surface area (Å²) >= 11 is 9.25. The van der Waals surface area contributed by atoms with Gasteiger partial charge in [0.15, 0.2) is 6.61 Å². The topological polar surface area (TPSA) is 64.3 Å². The van der Waals surface area contributed by atoms with Crippen LogP contribution in [0.1, 0.15) is 13.3 Å². The molecule has 0 aliphatic rings. The molecule has 7 heteroatoms. The van der Waals surface area contributed by atoms with E-state index in [2.05, 4.69) is 21.2 Å². The zero-order valence-corrected chi connectivity index (χ0v) is 13.6. The first-order valence-corrected chi connectivity index (χ1v) is 6.76. The monoisotopic (exact) mass is 370 g/mol. The molecule has 108 valence electrons. The van der Waals surface area contributed by atoms with Crippen molar-refractivity contribution in [3.05, 3.63) is 27.7 Å². The molecule has 0 aliphatic carbocycles. The van der Waals surface area contributed by atoms with Gasteiger partial charge in [-0.3, -0.25) is 4.79 Å². The van der Waals surface area contributed by atoms with Crippen LogP contribution in [0.3, 0.4) is 0 Å². The van der Waals surface area contributed by atoms with E-state index in [1.54, 1.807) is 18.2 Å². The lowest BCUT2D eigenvalue weighted by atomic mass is 10.2. The predicted octanol–water partition coefficient (Wildman–Crippen LogP) is 2.76. The van der Waals surface area contributed by atoms with E-state index in [1.165, 1.54) is 0 Å². The third-order valence-electron chi connectivity index (χ3n) is 2.17. The van der Waals surface area contributed by atoms with Crippen molar-refractivity contribution in [3.8, 4) is 5.75 Å². The summed E-state index contributed by atoms with van der Waals surface area (Å²) in [6.07, 6.45) is 0.741. The summed E-state index contributed by atoms with van der Waals surface area (Å²) in [5.41, 5.74) is 5.57. The van der Waals surface area contributed by atoms with Crippen LogP contribution < -0.4 is 15.8 Å². The first kappa shape index (κ1) is 18.5. The Kier molecular flexibility index (Phi) is 9.18. The van der Waals surface area contributed by atoms with E-state index in [1.807, 2.05) is 6.92 Å². The fourth-order valence-electron chi connectivity index (χ4n) is 1.23. The largest absolute Gasteiger partial charge is 0.482 e. The van der Waals surface area contributed by atoms with Crippen molar-refractivity contribution in [3.63, 3.8) is 0 Å². The normalized spacial score (nSPS) is 11.4. The molecular formula is C12H17BrCl2N2O2. The van der Waals surface area contributed by atoms with Gasteiger partial charge in [0.25, 0.3) is 5.91 Å². The summed E-state index contributed by atoms with van der Waals surface area (Å²) in [6.45, 7) is 2.39. The third-order valence-corrected chi connectivity index (χ3v) is 2.96. The van der Waals surface area contributed by atoms with Crippen LogP contribution in [0.5, 0.6) is 5.75 Å². The predicted molar refractivity (Wildman–Crippen MR) is 83.2 cm³/mol. The summed E-state index contributed by atoms with van der Waals surface area (Å²) in [5, 5.41) is 3.18. The third kappa shape index (κ3) is 7.62. The number of nitrogens with two attached hydrogens (primary N) is 1. The Bertz CT molecular complexity index is 417. The van der Waals surface area contributed by atoms with Gasteiger partial charge in [-0.25, -0.2) is 0 Å². The van der Waals surface area contributed by atoms with Crippen molar-refractivity contribution in [2.75, 3.05) is 13.2 Å². The number of nitrogens with one attached hydrogen (secondary N) is 1. The van der Waals surface area contributed by atoms with Crippen molar-refractivity contribution >= 4 is 45.8 Å². The molecule has 1 unspecified atom stereocenters. The smallest absolute Gasteiger partial charge is 0.257 e. The lowest BCUT2D eigenvalue weighted by Crippen LogP contribution is -2.32. The molecule has 3 N–H and O–H groups in total. The average Bonchev–Trinajstić information content (AvgIpc) is 2.27. The molecule has 0 saturated heterocycles. The van der Waals surface area contributed by atoms with Gasteiger partial charge in [-0.05, 0) is 31.5 Å². The lowest BCUT2D eigenvalue weighted by molar-refractivity contribution is -0.123. The van der Waals surface area contributed by atoms with Crippen molar-refractivity contribution in [2.45, 2.75) is 19.4 Å². The molecule has 1 aromatic carbocycles. The Morgan fingerprint density at radius 2 is 2.26 bits per heavy atom. The van der Waals surface area contributed by atoms with E-state index in [9.17, 15) is 4.79 Å². The zero-order valence-electron chi connectivity index (χ0n) is 10.5. The number of ether oxygens (including phenoxy) is 1. The molecule has 0 fully saturated rings. The molecule has 1 aromatic rings. The van der Waals surface area contributed by atoms with Crippen LogP contribution in [0.4, 0.5) is 0 Å². The minimum atomic E-state index is -0.186. The Morgan fingerprint density at radius 1 is 1.58 bits per heavy atom. The minimum absolute atomic E-state index is 0. The lowest BCUT2D eigenvalue weighted by Gasteiger charge is -2.09. The zero-order chi connectivity index (χ0) is 13.5. The van der Waals surface area contributed by atoms with Crippen molar-refractivity contribution in [2.24, 2.45) is 5.73 Å². The summed E-state index contributed by atoms with van der Waals surface area (Å²) in [5.74, 6) is 0.303. The number of carbonyl (C=O) groups excluding carboxylic acids is 1.